The molecule has 0 bridgehead atoms. The third kappa shape index (κ3) is 7.97. The highest BCUT2D eigenvalue weighted by atomic mass is 127. The molecule has 1 fully saturated rings. The zero-order valence-corrected chi connectivity index (χ0v) is 21.3. The van der Waals surface area contributed by atoms with Crippen LogP contribution in [0.25, 0.3) is 0 Å². The quantitative estimate of drug-likeness (QED) is 0.288. The molecule has 0 spiro atoms. The van der Waals surface area contributed by atoms with E-state index in [4.69, 9.17) is 9.73 Å². The van der Waals surface area contributed by atoms with Gasteiger partial charge in [0, 0.05) is 32.1 Å². The van der Waals surface area contributed by atoms with Crippen LogP contribution in [0.15, 0.2) is 35.6 Å². The van der Waals surface area contributed by atoms with Crippen molar-refractivity contribution in [1.82, 2.24) is 25.4 Å². The van der Waals surface area contributed by atoms with Gasteiger partial charge < -0.3 is 19.9 Å². The van der Waals surface area contributed by atoms with E-state index in [0.29, 0.717) is 12.0 Å². The van der Waals surface area contributed by atoms with Gasteiger partial charge in [0.25, 0.3) is 0 Å². The number of aliphatic imine (C=N–C) groups is 1. The third-order valence-corrected chi connectivity index (χ3v) is 5.92. The molecule has 0 aliphatic heterocycles. The Morgan fingerprint density at radius 2 is 2.00 bits per heavy atom. The zero-order chi connectivity index (χ0) is 21.2. The number of nitrogens with one attached hydrogen (secondary N) is 2. The summed E-state index contributed by atoms with van der Waals surface area (Å²) in [6, 6.07) is 8.72. The van der Waals surface area contributed by atoms with Crippen molar-refractivity contribution in [2.24, 2.45) is 10.9 Å². The largest absolute Gasteiger partial charge is 0.497 e. The summed E-state index contributed by atoms with van der Waals surface area (Å²) >= 11 is 0. The molecule has 172 valence electrons. The summed E-state index contributed by atoms with van der Waals surface area (Å²) in [4.78, 5) is 4.87. The minimum absolute atomic E-state index is 0. The number of rotatable bonds is 9. The Kier molecular flexibility index (Phi) is 11.1. The minimum Gasteiger partial charge on any atom is -0.497 e. The second-order valence-corrected chi connectivity index (χ2v) is 8.06. The molecule has 1 aliphatic rings. The lowest BCUT2D eigenvalue weighted by atomic mass is 9.86. The molecule has 3 rings (SSSR count). The van der Waals surface area contributed by atoms with Crippen molar-refractivity contribution in [3.05, 3.63) is 42.0 Å². The van der Waals surface area contributed by atoms with E-state index in [1.165, 1.54) is 31.2 Å². The second-order valence-electron chi connectivity index (χ2n) is 8.06. The molecule has 2 atom stereocenters. The fraction of sp³-hybridized carbons (Fsp3) is 0.609. The van der Waals surface area contributed by atoms with E-state index in [1.54, 1.807) is 13.4 Å². The Hall–Kier alpha value is -1.84. The molecule has 1 saturated carbocycles. The summed E-state index contributed by atoms with van der Waals surface area (Å²) in [5, 5.41) is 15.4. The average molecular weight is 540 g/mol. The number of halogens is 1. The van der Waals surface area contributed by atoms with Gasteiger partial charge in [-0.25, -0.2) is 0 Å². The Morgan fingerprint density at radius 1 is 1.23 bits per heavy atom. The Balaban J connectivity index is 0.00000341. The molecule has 1 aliphatic carbocycles. The fourth-order valence-corrected chi connectivity index (χ4v) is 3.98. The van der Waals surface area contributed by atoms with Crippen LogP contribution < -0.4 is 15.4 Å². The zero-order valence-electron chi connectivity index (χ0n) is 19.0. The van der Waals surface area contributed by atoms with Gasteiger partial charge in [-0.3, -0.25) is 4.99 Å². The second kappa shape index (κ2) is 13.5. The van der Waals surface area contributed by atoms with E-state index < -0.39 is 0 Å². The average Bonchev–Trinajstić information content (AvgIpc) is 3.23. The molecular formula is C23H37IN6O. The number of methoxy groups -OCH3 is 1. The lowest BCUT2D eigenvalue weighted by molar-refractivity contribution is 0.306. The van der Waals surface area contributed by atoms with Crippen LogP contribution in [-0.4, -0.2) is 47.0 Å². The molecule has 1 aromatic heterocycles. The molecule has 2 aromatic rings. The Labute approximate surface area is 203 Å². The molecule has 0 radical (unpaired) electrons. The molecule has 1 aromatic carbocycles. The van der Waals surface area contributed by atoms with Crippen molar-refractivity contribution < 1.29 is 4.74 Å². The van der Waals surface area contributed by atoms with Crippen molar-refractivity contribution in [1.29, 1.82) is 0 Å². The molecule has 2 unspecified atom stereocenters. The number of aryl methyl sites for hydroxylation is 1. The molecule has 2 N–H and O–H groups in total. The highest BCUT2D eigenvalue weighted by Crippen LogP contribution is 2.23. The topological polar surface area (TPSA) is 76.4 Å². The van der Waals surface area contributed by atoms with E-state index in [2.05, 4.69) is 51.4 Å². The van der Waals surface area contributed by atoms with Gasteiger partial charge in [0.1, 0.15) is 17.9 Å². The van der Waals surface area contributed by atoms with Gasteiger partial charge in [0.2, 0.25) is 0 Å². The van der Waals surface area contributed by atoms with Crippen LogP contribution in [0, 0.1) is 5.92 Å². The first-order valence-electron chi connectivity index (χ1n) is 11.2. The van der Waals surface area contributed by atoms with Crippen LogP contribution in [-0.2, 0) is 19.4 Å². The van der Waals surface area contributed by atoms with Gasteiger partial charge in [-0.15, -0.1) is 34.2 Å². The van der Waals surface area contributed by atoms with E-state index >= 15 is 0 Å². The lowest BCUT2D eigenvalue weighted by Crippen LogP contribution is -2.48. The molecule has 8 heteroatoms. The van der Waals surface area contributed by atoms with Gasteiger partial charge >= 0.3 is 0 Å². The van der Waals surface area contributed by atoms with Crippen molar-refractivity contribution in [2.75, 3.05) is 20.2 Å². The standard InChI is InChI=1S/C23H36N6O.HI/c1-4-22-28-26-17-29(22)16-15-25-23(27-21-8-6-5-7-18(21)2)24-14-13-19-9-11-20(30-3)12-10-19;/h9-12,17-18,21H,4-8,13-16H2,1-3H3,(H2,24,25,27);1H. The van der Waals surface area contributed by atoms with Crippen LogP contribution in [0.2, 0.25) is 0 Å². The van der Waals surface area contributed by atoms with Gasteiger partial charge in [-0.05, 0) is 42.9 Å². The highest BCUT2D eigenvalue weighted by Gasteiger charge is 2.22. The van der Waals surface area contributed by atoms with Gasteiger partial charge in [-0.2, -0.15) is 0 Å². The van der Waals surface area contributed by atoms with Crippen LogP contribution >= 0.6 is 24.0 Å². The summed E-state index contributed by atoms with van der Waals surface area (Å²) in [5.74, 6) is 3.49. The molecular weight excluding hydrogens is 503 g/mol. The number of hydrogen-bond donors (Lipinski definition) is 2. The first-order chi connectivity index (χ1) is 14.7. The number of guanidine groups is 1. The Morgan fingerprint density at radius 3 is 2.71 bits per heavy atom. The predicted molar refractivity (Wildman–Crippen MR) is 136 cm³/mol. The van der Waals surface area contributed by atoms with Crippen LogP contribution in [0.4, 0.5) is 0 Å². The predicted octanol–water partition coefficient (Wildman–Crippen LogP) is 3.82. The number of hydrogen-bond acceptors (Lipinski definition) is 4. The Bertz CT molecular complexity index is 792. The molecule has 31 heavy (non-hydrogen) atoms. The lowest BCUT2D eigenvalue weighted by Gasteiger charge is -2.31. The molecule has 7 nitrogen and oxygen atoms in total. The van der Waals surface area contributed by atoms with Crippen molar-refractivity contribution in [3.8, 4) is 5.75 Å². The van der Waals surface area contributed by atoms with Gasteiger partial charge in [0.05, 0.1) is 7.11 Å². The summed E-state index contributed by atoms with van der Waals surface area (Å²) in [7, 11) is 1.69. The van der Waals surface area contributed by atoms with Crippen molar-refractivity contribution >= 4 is 29.9 Å². The minimum atomic E-state index is 0. The SMILES string of the molecule is CCc1nncn1CCNC(=NCCc1ccc(OC)cc1)NC1CCCCC1C.I. The highest BCUT2D eigenvalue weighted by molar-refractivity contribution is 14.0. The number of aromatic nitrogens is 3. The first-order valence-corrected chi connectivity index (χ1v) is 11.2. The summed E-state index contributed by atoms with van der Waals surface area (Å²) in [6.07, 6.45) is 8.73. The fourth-order valence-electron chi connectivity index (χ4n) is 3.98. The summed E-state index contributed by atoms with van der Waals surface area (Å²) < 4.78 is 7.34. The monoisotopic (exact) mass is 540 g/mol. The van der Waals surface area contributed by atoms with E-state index in [-0.39, 0.29) is 24.0 Å². The maximum atomic E-state index is 5.24. The molecule has 1 heterocycles. The van der Waals surface area contributed by atoms with E-state index in [1.807, 2.05) is 12.1 Å². The normalized spacial score (nSPS) is 18.9. The number of benzene rings is 1. The van der Waals surface area contributed by atoms with Crippen LogP contribution in [0.1, 0.15) is 50.9 Å². The smallest absolute Gasteiger partial charge is 0.191 e. The maximum Gasteiger partial charge on any atom is 0.191 e. The molecule has 0 saturated heterocycles. The third-order valence-electron chi connectivity index (χ3n) is 5.92. The summed E-state index contributed by atoms with van der Waals surface area (Å²) in [6.45, 7) is 6.81. The van der Waals surface area contributed by atoms with Crippen LogP contribution in [0.3, 0.4) is 0 Å². The van der Waals surface area contributed by atoms with Gasteiger partial charge in [-0.1, -0.05) is 38.8 Å². The number of nitrogens with zero attached hydrogens (tertiary/aromatic N) is 4. The first kappa shape index (κ1) is 25.4. The van der Waals surface area contributed by atoms with Crippen molar-refractivity contribution in [2.45, 2.75) is 65.0 Å². The van der Waals surface area contributed by atoms with Gasteiger partial charge in [0.15, 0.2) is 5.96 Å². The molecule has 0 amide bonds. The number of ether oxygens (including phenoxy) is 1. The van der Waals surface area contributed by atoms with E-state index in [0.717, 1.165) is 50.0 Å². The van der Waals surface area contributed by atoms with Crippen LogP contribution in [0.5, 0.6) is 5.75 Å². The van der Waals surface area contributed by atoms with Crippen molar-refractivity contribution in [3.63, 3.8) is 0 Å². The summed E-state index contributed by atoms with van der Waals surface area (Å²) in [5.41, 5.74) is 1.27. The maximum absolute atomic E-state index is 5.24. The van der Waals surface area contributed by atoms with E-state index in [9.17, 15) is 0 Å².